The molecule has 1 atom stereocenters. The van der Waals surface area contributed by atoms with Gasteiger partial charge in [0, 0.05) is 66.3 Å². The first-order chi connectivity index (χ1) is 19.5. The first-order valence-corrected chi connectivity index (χ1v) is 12.8. The second kappa shape index (κ2) is 11.3. The lowest BCUT2D eigenvalue weighted by molar-refractivity contribution is -0.143. The van der Waals surface area contributed by atoms with Crippen molar-refractivity contribution in [2.75, 3.05) is 26.2 Å². The molecule has 1 aliphatic heterocycles. The number of piperazine rings is 1. The standard InChI is InChI=1S/C30H24F6N4O/c31-29(32,33)23-13-21(14-24(16-23)30(34,35)36)28(41)40-12-11-39(10-4-6-20-5-3-9-37-17-20)19-25(40)15-22-18-38-27-8-2-1-7-26(22)27/h1-3,5,7-9,13-14,16-18,25,38H,10-12,15,19H2/t25-/m1/s1. The Balaban J connectivity index is 1.45. The first kappa shape index (κ1) is 28.2. The average molecular weight is 571 g/mol. The number of fused-ring (bicyclic) bond motifs is 1. The Hall–Kier alpha value is -4.30. The molecule has 212 valence electrons. The lowest BCUT2D eigenvalue weighted by atomic mass is 9.98. The molecular formula is C30H24F6N4O. The maximum atomic E-state index is 13.6. The lowest BCUT2D eigenvalue weighted by Gasteiger charge is -2.41. The summed E-state index contributed by atoms with van der Waals surface area (Å²) in [5.74, 6) is 5.22. The van der Waals surface area contributed by atoms with Crippen LogP contribution in [0.3, 0.4) is 0 Å². The number of amides is 1. The van der Waals surface area contributed by atoms with Crippen LogP contribution in [0.25, 0.3) is 10.9 Å². The van der Waals surface area contributed by atoms with Gasteiger partial charge in [-0.1, -0.05) is 30.0 Å². The van der Waals surface area contributed by atoms with Crippen molar-refractivity contribution in [3.05, 3.63) is 101 Å². The van der Waals surface area contributed by atoms with Crippen molar-refractivity contribution in [1.82, 2.24) is 19.8 Å². The Morgan fingerprint density at radius 3 is 2.39 bits per heavy atom. The highest BCUT2D eigenvalue weighted by Gasteiger charge is 2.39. The third kappa shape index (κ3) is 6.55. The van der Waals surface area contributed by atoms with Crippen molar-refractivity contribution < 1.29 is 31.1 Å². The van der Waals surface area contributed by atoms with Crippen LogP contribution in [0.5, 0.6) is 0 Å². The quantitative estimate of drug-likeness (QED) is 0.241. The maximum Gasteiger partial charge on any atom is 0.416 e. The molecule has 41 heavy (non-hydrogen) atoms. The zero-order valence-electron chi connectivity index (χ0n) is 21.6. The van der Waals surface area contributed by atoms with Crippen molar-refractivity contribution in [3.63, 3.8) is 0 Å². The molecule has 0 unspecified atom stereocenters. The van der Waals surface area contributed by atoms with Gasteiger partial charge in [-0.2, -0.15) is 26.3 Å². The number of nitrogens with zero attached hydrogens (tertiary/aromatic N) is 3. The molecule has 1 aliphatic rings. The number of carbonyl (C=O) groups excluding carboxylic acids is 1. The van der Waals surface area contributed by atoms with Gasteiger partial charge < -0.3 is 9.88 Å². The predicted octanol–water partition coefficient (Wildman–Crippen LogP) is 6.02. The monoisotopic (exact) mass is 570 g/mol. The Morgan fingerprint density at radius 1 is 0.976 bits per heavy atom. The van der Waals surface area contributed by atoms with Gasteiger partial charge in [0.2, 0.25) is 0 Å². The SMILES string of the molecule is O=C(c1cc(C(F)(F)F)cc(C(F)(F)F)c1)N1CCN(CC#Cc2cccnc2)C[C@H]1Cc1c[nH]c2ccccc12. The van der Waals surface area contributed by atoms with Gasteiger partial charge in [0.25, 0.3) is 5.91 Å². The summed E-state index contributed by atoms with van der Waals surface area (Å²) in [6.07, 6.45) is -4.68. The number of nitrogens with one attached hydrogen (secondary N) is 1. The number of carbonyl (C=O) groups is 1. The van der Waals surface area contributed by atoms with Crippen LogP contribution in [0.1, 0.15) is 32.6 Å². The molecule has 1 saturated heterocycles. The van der Waals surface area contributed by atoms with Crippen LogP contribution >= 0.6 is 0 Å². The zero-order valence-corrected chi connectivity index (χ0v) is 21.6. The molecule has 0 bridgehead atoms. The molecule has 2 aromatic carbocycles. The number of rotatable bonds is 4. The largest absolute Gasteiger partial charge is 0.416 e. The minimum absolute atomic E-state index is 0.0269. The second-order valence-corrected chi connectivity index (χ2v) is 9.79. The highest BCUT2D eigenvalue weighted by molar-refractivity contribution is 5.95. The number of benzene rings is 2. The molecule has 1 amide bonds. The average Bonchev–Trinajstić information content (AvgIpc) is 3.35. The van der Waals surface area contributed by atoms with Crippen molar-refractivity contribution in [2.45, 2.75) is 24.8 Å². The zero-order chi connectivity index (χ0) is 29.2. The van der Waals surface area contributed by atoms with Crippen LogP contribution in [0.15, 0.2) is 73.2 Å². The van der Waals surface area contributed by atoms with Gasteiger partial charge in [0.05, 0.1) is 17.7 Å². The van der Waals surface area contributed by atoms with E-state index in [1.54, 1.807) is 24.7 Å². The fraction of sp³-hybridized carbons (Fsp3) is 0.267. The number of aromatic nitrogens is 2. The van der Waals surface area contributed by atoms with E-state index in [1.165, 1.54) is 4.90 Å². The van der Waals surface area contributed by atoms with E-state index in [-0.39, 0.29) is 12.6 Å². The highest BCUT2D eigenvalue weighted by atomic mass is 19.4. The Labute approximate surface area is 231 Å². The van der Waals surface area contributed by atoms with Gasteiger partial charge in [0.1, 0.15) is 0 Å². The molecule has 5 rings (SSSR count). The summed E-state index contributed by atoms with van der Waals surface area (Å²) in [4.78, 5) is 24.2. The minimum Gasteiger partial charge on any atom is -0.361 e. The second-order valence-electron chi connectivity index (χ2n) is 9.79. The Kier molecular flexibility index (Phi) is 7.78. The summed E-state index contributed by atoms with van der Waals surface area (Å²) in [6.45, 7) is 1.15. The van der Waals surface area contributed by atoms with E-state index in [2.05, 4.69) is 21.8 Å². The smallest absolute Gasteiger partial charge is 0.361 e. The Morgan fingerprint density at radius 2 is 1.71 bits per heavy atom. The molecule has 5 nitrogen and oxygen atoms in total. The van der Waals surface area contributed by atoms with E-state index in [9.17, 15) is 31.1 Å². The summed E-state index contributed by atoms with van der Waals surface area (Å²) in [6, 6.07) is 11.6. The fourth-order valence-electron chi connectivity index (χ4n) is 4.99. The van der Waals surface area contributed by atoms with E-state index in [0.29, 0.717) is 38.2 Å². The topological polar surface area (TPSA) is 52.2 Å². The van der Waals surface area contributed by atoms with Crippen LogP contribution < -0.4 is 0 Å². The van der Waals surface area contributed by atoms with Crippen LogP contribution in [0.4, 0.5) is 26.3 Å². The number of pyridine rings is 1. The third-order valence-electron chi connectivity index (χ3n) is 6.99. The molecule has 1 fully saturated rings. The van der Waals surface area contributed by atoms with Crippen molar-refractivity contribution in [3.8, 4) is 11.8 Å². The number of alkyl halides is 6. The molecule has 1 N–H and O–H groups in total. The molecular weight excluding hydrogens is 546 g/mol. The van der Waals surface area contributed by atoms with Gasteiger partial charge in [-0.25, -0.2) is 0 Å². The van der Waals surface area contributed by atoms with Gasteiger partial charge in [-0.15, -0.1) is 0 Å². The van der Waals surface area contributed by atoms with Crippen molar-refractivity contribution in [1.29, 1.82) is 0 Å². The summed E-state index contributed by atoms with van der Waals surface area (Å²) in [7, 11) is 0. The molecule has 3 heterocycles. The molecule has 0 saturated carbocycles. The van der Waals surface area contributed by atoms with E-state index < -0.39 is 41.0 Å². The Bertz CT molecular complexity index is 1570. The summed E-state index contributed by atoms with van der Waals surface area (Å²) in [5.41, 5.74) is -1.20. The third-order valence-corrected chi connectivity index (χ3v) is 6.99. The summed E-state index contributed by atoms with van der Waals surface area (Å²) >= 11 is 0. The molecule has 11 heteroatoms. The number of para-hydroxylation sites is 1. The van der Waals surface area contributed by atoms with Gasteiger partial charge in [-0.05, 0) is 48.4 Å². The molecule has 0 radical (unpaired) electrons. The lowest BCUT2D eigenvalue weighted by Crippen LogP contribution is -2.56. The van der Waals surface area contributed by atoms with Gasteiger partial charge >= 0.3 is 12.4 Å². The van der Waals surface area contributed by atoms with Gasteiger partial charge in [0.15, 0.2) is 0 Å². The molecule has 0 aliphatic carbocycles. The van der Waals surface area contributed by atoms with E-state index >= 15 is 0 Å². The van der Waals surface area contributed by atoms with Gasteiger partial charge in [-0.3, -0.25) is 14.7 Å². The van der Waals surface area contributed by atoms with Crippen LogP contribution in [0.2, 0.25) is 0 Å². The number of hydrogen-bond acceptors (Lipinski definition) is 3. The van der Waals surface area contributed by atoms with E-state index in [4.69, 9.17) is 0 Å². The number of aromatic amines is 1. The van der Waals surface area contributed by atoms with E-state index in [1.807, 2.05) is 35.2 Å². The summed E-state index contributed by atoms with van der Waals surface area (Å²) < 4.78 is 81.0. The van der Waals surface area contributed by atoms with Crippen LogP contribution in [-0.4, -0.2) is 57.9 Å². The molecule has 2 aromatic heterocycles. The van der Waals surface area contributed by atoms with Crippen LogP contribution in [0, 0.1) is 11.8 Å². The number of hydrogen-bond donors (Lipinski definition) is 1. The van der Waals surface area contributed by atoms with Crippen LogP contribution in [-0.2, 0) is 18.8 Å². The molecule has 4 aromatic rings. The van der Waals surface area contributed by atoms with Crippen molar-refractivity contribution in [2.24, 2.45) is 0 Å². The number of H-pyrrole nitrogens is 1. The first-order valence-electron chi connectivity index (χ1n) is 12.8. The maximum absolute atomic E-state index is 13.6. The minimum atomic E-state index is -5.05. The number of halogens is 6. The normalized spacial score (nSPS) is 16.4. The predicted molar refractivity (Wildman–Crippen MR) is 141 cm³/mol. The fourth-order valence-corrected chi connectivity index (χ4v) is 4.99. The van der Waals surface area contributed by atoms with E-state index in [0.717, 1.165) is 22.0 Å². The van der Waals surface area contributed by atoms with Crippen molar-refractivity contribution >= 4 is 16.8 Å². The summed E-state index contributed by atoms with van der Waals surface area (Å²) in [5, 5.41) is 0.923. The highest BCUT2D eigenvalue weighted by Crippen LogP contribution is 2.37. The molecule has 0 spiro atoms.